The lowest BCUT2D eigenvalue weighted by atomic mass is 10.1. The van der Waals surface area contributed by atoms with Gasteiger partial charge in [-0.25, -0.2) is 0 Å². The maximum atomic E-state index is 12.9. The highest BCUT2D eigenvalue weighted by Crippen LogP contribution is 2.57. The Kier molecular flexibility index (Phi) is 7.87. The van der Waals surface area contributed by atoms with Crippen molar-refractivity contribution in [3.05, 3.63) is 0 Å². The zero-order chi connectivity index (χ0) is 15.2. The normalized spacial score (nSPS) is 14.2. The van der Waals surface area contributed by atoms with Crippen molar-refractivity contribution in [2.24, 2.45) is 5.92 Å². The number of rotatable bonds is 8. The molecule has 0 aromatic carbocycles. The van der Waals surface area contributed by atoms with Gasteiger partial charge in [-0.3, -0.25) is 9.36 Å². The zero-order valence-electron chi connectivity index (χ0n) is 13.0. The average molecular weight is 294 g/mol. The Morgan fingerprint density at radius 2 is 1.42 bits per heavy atom. The summed E-state index contributed by atoms with van der Waals surface area (Å²) in [5.41, 5.74) is 0. The summed E-state index contributed by atoms with van der Waals surface area (Å²) in [5, 5.41) is 0. The van der Waals surface area contributed by atoms with Crippen molar-refractivity contribution in [3.63, 3.8) is 0 Å². The first-order chi connectivity index (χ1) is 8.56. The lowest BCUT2D eigenvalue weighted by molar-refractivity contribution is -0.144. The third-order valence-corrected chi connectivity index (χ3v) is 4.50. The first-order valence-corrected chi connectivity index (χ1v) is 8.31. The Bertz CT molecular complexity index is 311. The number of carbonyl (C=O) groups excluding carboxylic acids is 1. The van der Waals surface area contributed by atoms with Crippen molar-refractivity contribution in [2.45, 2.75) is 72.9 Å². The molecule has 6 heteroatoms. The molecule has 0 N–H and O–H groups in total. The lowest BCUT2D eigenvalue weighted by Crippen LogP contribution is -2.24. The summed E-state index contributed by atoms with van der Waals surface area (Å²) >= 11 is 0. The molecule has 0 aliphatic carbocycles. The number of ether oxygens (including phenoxy) is 1. The highest BCUT2D eigenvalue weighted by molar-refractivity contribution is 7.54. The van der Waals surface area contributed by atoms with Crippen LogP contribution in [0.25, 0.3) is 0 Å². The van der Waals surface area contributed by atoms with Crippen LogP contribution in [0, 0.1) is 5.92 Å². The minimum Gasteiger partial charge on any atom is -0.450 e. The fraction of sp³-hybridized carbons (Fsp3) is 0.923. The molecule has 0 saturated carbocycles. The number of esters is 1. The van der Waals surface area contributed by atoms with Gasteiger partial charge < -0.3 is 13.8 Å². The van der Waals surface area contributed by atoms with Crippen molar-refractivity contribution in [1.29, 1.82) is 0 Å². The van der Waals surface area contributed by atoms with Crippen molar-refractivity contribution in [2.75, 3.05) is 0 Å². The molecular weight excluding hydrogens is 267 g/mol. The zero-order valence-corrected chi connectivity index (χ0v) is 13.9. The van der Waals surface area contributed by atoms with E-state index in [2.05, 4.69) is 0 Å². The second-order valence-corrected chi connectivity index (χ2v) is 7.62. The summed E-state index contributed by atoms with van der Waals surface area (Å²) in [6.45, 7) is 12.3. The molecule has 0 aliphatic rings. The molecule has 0 saturated heterocycles. The van der Waals surface area contributed by atoms with Crippen LogP contribution in [0.3, 0.4) is 0 Å². The Morgan fingerprint density at radius 3 is 1.68 bits per heavy atom. The molecule has 0 fully saturated rings. The van der Waals surface area contributed by atoms with Crippen LogP contribution in [0.2, 0.25) is 0 Å². The first kappa shape index (κ1) is 18.6. The summed E-state index contributed by atoms with van der Waals surface area (Å²) < 4.78 is 29.0. The lowest BCUT2D eigenvalue weighted by Gasteiger charge is -2.30. The maximum absolute atomic E-state index is 12.9. The standard InChI is InChI=1S/C13H27O5P/c1-9(2)8-13(16-12(7)14)19(15,17-10(3)4)18-11(5)6/h9-11,13H,8H2,1-7H3/t13-/m0/s1. The first-order valence-electron chi connectivity index (χ1n) is 6.70. The molecule has 0 aromatic rings. The van der Waals surface area contributed by atoms with Crippen molar-refractivity contribution in [3.8, 4) is 0 Å². The molecule has 5 nitrogen and oxygen atoms in total. The minimum atomic E-state index is -3.49. The molecule has 0 heterocycles. The van der Waals surface area contributed by atoms with Crippen LogP contribution in [0.1, 0.15) is 54.9 Å². The Balaban J connectivity index is 5.20. The van der Waals surface area contributed by atoms with Gasteiger partial charge in [0.25, 0.3) is 0 Å². The summed E-state index contributed by atoms with van der Waals surface area (Å²) in [7, 11) is -3.49. The summed E-state index contributed by atoms with van der Waals surface area (Å²) in [6.07, 6.45) is -0.0966. The van der Waals surface area contributed by atoms with Crippen molar-refractivity contribution < 1.29 is 23.1 Å². The van der Waals surface area contributed by atoms with E-state index in [0.717, 1.165) is 0 Å². The largest absolute Gasteiger partial charge is 0.450 e. The highest BCUT2D eigenvalue weighted by Gasteiger charge is 2.40. The molecule has 114 valence electrons. The second kappa shape index (κ2) is 8.03. The van der Waals surface area contributed by atoms with Crippen LogP contribution in [-0.2, 0) is 23.1 Å². The Hall–Kier alpha value is -0.380. The fourth-order valence-electron chi connectivity index (χ4n) is 1.58. The average Bonchev–Trinajstić information content (AvgIpc) is 2.11. The Morgan fingerprint density at radius 1 is 1.00 bits per heavy atom. The van der Waals surface area contributed by atoms with Gasteiger partial charge in [0.1, 0.15) is 0 Å². The van der Waals surface area contributed by atoms with Crippen molar-refractivity contribution >= 4 is 13.6 Å². The molecular formula is C13H27O5P. The van der Waals surface area contributed by atoms with Gasteiger partial charge in [-0.15, -0.1) is 0 Å². The van der Waals surface area contributed by atoms with E-state index in [1.54, 1.807) is 27.7 Å². The molecule has 0 aliphatic heterocycles. The summed E-state index contributed by atoms with van der Waals surface area (Å²) in [6, 6.07) is 0. The molecule has 0 bridgehead atoms. The van der Waals surface area contributed by atoms with Crippen LogP contribution < -0.4 is 0 Å². The van der Waals surface area contributed by atoms with E-state index in [-0.39, 0.29) is 18.1 Å². The SMILES string of the molecule is CC(=O)O[C@H](CC(C)C)P(=O)(OC(C)C)OC(C)C. The molecule has 0 unspecified atom stereocenters. The van der Waals surface area contributed by atoms with E-state index in [1.807, 2.05) is 13.8 Å². The van der Waals surface area contributed by atoms with E-state index in [4.69, 9.17) is 13.8 Å². The van der Waals surface area contributed by atoms with E-state index >= 15 is 0 Å². The molecule has 0 spiro atoms. The van der Waals surface area contributed by atoms with Crippen LogP contribution in [0.15, 0.2) is 0 Å². The van der Waals surface area contributed by atoms with Gasteiger partial charge in [0.05, 0.1) is 12.2 Å². The summed E-state index contributed by atoms with van der Waals surface area (Å²) in [5.74, 6) is -1.12. The molecule has 0 radical (unpaired) electrons. The van der Waals surface area contributed by atoms with Gasteiger partial charge in [0, 0.05) is 6.92 Å². The second-order valence-electron chi connectivity index (χ2n) is 5.54. The molecule has 0 rings (SSSR count). The van der Waals surface area contributed by atoms with E-state index in [1.165, 1.54) is 6.92 Å². The van der Waals surface area contributed by atoms with Gasteiger partial charge in [-0.2, -0.15) is 0 Å². The van der Waals surface area contributed by atoms with Gasteiger partial charge in [0.15, 0.2) is 0 Å². The van der Waals surface area contributed by atoms with Crippen LogP contribution in [-0.4, -0.2) is 24.0 Å². The predicted molar refractivity (Wildman–Crippen MR) is 75.1 cm³/mol. The van der Waals surface area contributed by atoms with Gasteiger partial charge in [0.2, 0.25) is 5.85 Å². The van der Waals surface area contributed by atoms with Gasteiger partial charge >= 0.3 is 13.6 Å². The maximum Gasteiger partial charge on any atom is 0.371 e. The van der Waals surface area contributed by atoms with Crippen molar-refractivity contribution in [1.82, 2.24) is 0 Å². The van der Waals surface area contributed by atoms with E-state index in [0.29, 0.717) is 6.42 Å². The Labute approximate surface area is 116 Å². The molecule has 1 atom stereocenters. The van der Waals surface area contributed by atoms with Gasteiger partial charge in [-0.1, -0.05) is 13.8 Å². The summed E-state index contributed by atoms with van der Waals surface area (Å²) in [4.78, 5) is 11.2. The van der Waals surface area contributed by atoms with E-state index < -0.39 is 19.4 Å². The predicted octanol–water partition coefficient (Wildman–Crippen LogP) is 3.96. The number of carbonyl (C=O) groups is 1. The van der Waals surface area contributed by atoms with Crippen LogP contribution >= 0.6 is 7.60 Å². The molecule has 0 amide bonds. The smallest absolute Gasteiger partial charge is 0.371 e. The fourth-order valence-corrected chi connectivity index (χ4v) is 4.04. The molecule has 0 aromatic heterocycles. The quantitative estimate of drug-likeness (QED) is 0.501. The third-order valence-electron chi connectivity index (χ3n) is 2.04. The van der Waals surface area contributed by atoms with Crippen LogP contribution in [0.5, 0.6) is 0 Å². The van der Waals surface area contributed by atoms with E-state index in [9.17, 15) is 9.36 Å². The topological polar surface area (TPSA) is 61.8 Å². The van der Waals surface area contributed by atoms with Gasteiger partial charge in [-0.05, 0) is 40.0 Å². The van der Waals surface area contributed by atoms with Crippen LogP contribution in [0.4, 0.5) is 0 Å². The highest BCUT2D eigenvalue weighted by atomic mass is 31.2. The monoisotopic (exact) mass is 294 g/mol. The minimum absolute atomic E-state index is 0.212. The number of hydrogen-bond acceptors (Lipinski definition) is 5. The molecule has 19 heavy (non-hydrogen) atoms. The third kappa shape index (κ3) is 7.71. The number of hydrogen-bond donors (Lipinski definition) is 0.